The largest absolute Gasteiger partial charge is 0.416 e. The average Bonchev–Trinajstić information content (AvgIpc) is 3.21. The predicted octanol–water partition coefficient (Wildman–Crippen LogP) is 4.67. The first-order valence-corrected chi connectivity index (χ1v) is 10.7. The molecular weight excluding hydrogens is 423 g/mol. The number of hydrogen-bond acceptors (Lipinski definition) is 4. The zero-order valence-corrected chi connectivity index (χ0v) is 16.0. The van der Waals surface area contributed by atoms with E-state index in [1.165, 1.54) is 34.1 Å². The van der Waals surface area contributed by atoms with Crippen LogP contribution < -0.4 is 4.31 Å². The first kappa shape index (κ1) is 18.6. The predicted molar refractivity (Wildman–Crippen MR) is 96.8 cm³/mol. The number of sulfonamides is 1. The van der Waals surface area contributed by atoms with E-state index in [4.69, 9.17) is 11.6 Å². The molecule has 1 aliphatic carbocycles. The van der Waals surface area contributed by atoms with E-state index in [-0.39, 0.29) is 28.3 Å². The van der Waals surface area contributed by atoms with Gasteiger partial charge in [0.05, 0.1) is 11.3 Å². The monoisotopic (exact) mass is 435 g/mol. The Morgan fingerprint density at radius 1 is 1.33 bits per heavy atom. The third kappa shape index (κ3) is 3.41. The molecule has 0 radical (unpaired) electrons. The molecule has 0 amide bonds. The van der Waals surface area contributed by atoms with Gasteiger partial charge in [0.1, 0.15) is 0 Å². The SMILES string of the molecule is O=S(=O)(c1c(Cl)nc2sccn12)N(CC1CC1)c1cccc(C(F)(F)F)c1. The van der Waals surface area contributed by atoms with Gasteiger partial charge in [0.25, 0.3) is 10.0 Å². The lowest BCUT2D eigenvalue weighted by Crippen LogP contribution is -2.34. The van der Waals surface area contributed by atoms with Crippen LogP contribution in [0.25, 0.3) is 4.96 Å². The van der Waals surface area contributed by atoms with Crippen molar-refractivity contribution in [3.63, 3.8) is 0 Å². The van der Waals surface area contributed by atoms with Gasteiger partial charge in [-0.2, -0.15) is 21.6 Å². The van der Waals surface area contributed by atoms with Gasteiger partial charge in [-0.25, -0.2) is 4.98 Å². The normalized spacial score (nSPS) is 15.4. The maximum absolute atomic E-state index is 13.4. The summed E-state index contributed by atoms with van der Waals surface area (Å²) in [5.41, 5.74) is -0.950. The molecule has 3 aromatic rings. The van der Waals surface area contributed by atoms with E-state index in [0.717, 1.165) is 29.3 Å². The number of rotatable bonds is 5. The van der Waals surface area contributed by atoms with Crippen molar-refractivity contribution < 1.29 is 21.6 Å². The second kappa shape index (κ2) is 6.39. The molecule has 0 aliphatic heterocycles. The van der Waals surface area contributed by atoms with Crippen molar-refractivity contribution in [1.82, 2.24) is 9.38 Å². The van der Waals surface area contributed by atoms with Crippen LogP contribution >= 0.6 is 22.9 Å². The van der Waals surface area contributed by atoms with Crippen LogP contribution in [-0.2, 0) is 16.2 Å². The van der Waals surface area contributed by atoms with E-state index in [0.29, 0.717) is 4.96 Å². The number of hydrogen-bond donors (Lipinski definition) is 0. The van der Waals surface area contributed by atoms with Crippen molar-refractivity contribution in [2.24, 2.45) is 5.92 Å². The maximum atomic E-state index is 13.4. The molecule has 1 fully saturated rings. The summed E-state index contributed by atoms with van der Waals surface area (Å²) in [5, 5.41) is 1.22. The molecule has 1 aliphatic rings. The van der Waals surface area contributed by atoms with E-state index in [9.17, 15) is 21.6 Å². The summed E-state index contributed by atoms with van der Waals surface area (Å²) in [4.78, 5) is 4.43. The zero-order valence-electron chi connectivity index (χ0n) is 13.6. The highest BCUT2D eigenvalue weighted by molar-refractivity contribution is 7.92. The molecule has 0 bridgehead atoms. The second-order valence-electron chi connectivity index (χ2n) is 6.29. The lowest BCUT2D eigenvalue weighted by molar-refractivity contribution is -0.137. The fraction of sp³-hybridized carbons (Fsp3) is 0.312. The van der Waals surface area contributed by atoms with Crippen LogP contribution in [0.15, 0.2) is 40.9 Å². The highest BCUT2D eigenvalue weighted by Gasteiger charge is 2.37. The van der Waals surface area contributed by atoms with Gasteiger partial charge in [0, 0.05) is 18.1 Å². The summed E-state index contributed by atoms with van der Waals surface area (Å²) < 4.78 is 68.4. The van der Waals surface area contributed by atoms with Gasteiger partial charge in [0.2, 0.25) is 0 Å². The molecule has 144 valence electrons. The summed E-state index contributed by atoms with van der Waals surface area (Å²) in [6.07, 6.45) is -1.38. The fourth-order valence-corrected chi connectivity index (χ4v) is 5.74. The Bertz CT molecular complexity index is 1100. The molecule has 4 rings (SSSR count). The van der Waals surface area contributed by atoms with E-state index >= 15 is 0 Å². The van der Waals surface area contributed by atoms with Crippen molar-refractivity contribution in [3.05, 3.63) is 46.6 Å². The maximum Gasteiger partial charge on any atom is 0.416 e. The molecule has 0 N–H and O–H groups in total. The van der Waals surface area contributed by atoms with Crippen molar-refractivity contribution in [3.8, 4) is 0 Å². The van der Waals surface area contributed by atoms with E-state index in [1.54, 1.807) is 5.38 Å². The highest BCUT2D eigenvalue weighted by Crippen LogP contribution is 2.38. The molecule has 0 atom stereocenters. The summed E-state index contributed by atoms with van der Waals surface area (Å²) >= 11 is 7.28. The molecule has 2 heterocycles. The molecule has 11 heteroatoms. The molecule has 1 saturated carbocycles. The molecule has 0 unspecified atom stereocenters. The van der Waals surface area contributed by atoms with E-state index in [1.807, 2.05) is 0 Å². The van der Waals surface area contributed by atoms with Gasteiger partial charge in [0.15, 0.2) is 15.1 Å². The Morgan fingerprint density at radius 3 is 2.74 bits per heavy atom. The van der Waals surface area contributed by atoms with Crippen molar-refractivity contribution in [2.45, 2.75) is 24.0 Å². The minimum Gasteiger partial charge on any atom is -0.278 e. The van der Waals surface area contributed by atoms with Gasteiger partial charge in [-0.15, -0.1) is 11.3 Å². The topological polar surface area (TPSA) is 54.7 Å². The Kier molecular flexibility index (Phi) is 4.39. The summed E-state index contributed by atoms with van der Waals surface area (Å²) in [7, 11) is -4.21. The molecule has 0 spiro atoms. The number of nitrogens with zero attached hydrogens (tertiary/aromatic N) is 3. The van der Waals surface area contributed by atoms with Gasteiger partial charge in [-0.3, -0.25) is 8.71 Å². The molecular formula is C16H13ClF3N3O2S2. The third-order valence-corrected chi connectivity index (χ3v) is 7.25. The van der Waals surface area contributed by atoms with Gasteiger partial charge >= 0.3 is 6.18 Å². The Hall–Kier alpha value is -1.78. The number of fused-ring (bicyclic) bond motifs is 1. The minimum atomic E-state index is -4.57. The van der Waals surface area contributed by atoms with Crippen LogP contribution in [0.4, 0.5) is 18.9 Å². The summed E-state index contributed by atoms with van der Waals surface area (Å²) in [5.74, 6) is 0.110. The number of benzene rings is 1. The third-order valence-electron chi connectivity index (χ3n) is 4.30. The number of imidazole rings is 1. The van der Waals surface area contributed by atoms with E-state index < -0.39 is 21.8 Å². The number of anilines is 1. The lowest BCUT2D eigenvalue weighted by Gasteiger charge is -2.25. The van der Waals surface area contributed by atoms with Crippen molar-refractivity contribution >= 4 is 43.6 Å². The molecule has 1 aromatic carbocycles. The first-order chi connectivity index (χ1) is 12.7. The van der Waals surface area contributed by atoms with Gasteiger partial charge < -0.3 is 0 Å². The first-order valence-electron chi connectivity index (χ1n) is 7.99. The number of alkyl halides is 3. The number of halogens is 4. The van der Waals surface area contributed by atoms with Crippen LogP contribution in [-0.4, -0.2) is 24.3 Å². The minimum absolute atomic E-state index is 0.0435. The average molecular weight is 436 g/mol. The smallest absolute Gasteiger partial charge is 0.278 e. The Balaban J connectivity index is 1.85. The number of aromatic nitrogens is 2. The van der Waals surface area contributed by atoms with Crippen LogP contribution in [0, 0.1) is 5.92 Å². The summed E-state index contributed by atoms with van der Waals surface area (Å²) in [6.45, 7) is 0.0946. The highest BCUT2D eigenvalue weighted by atomic mass is 35.5. The standard InChI is InChI=1S/C16H13ClF3N3O2S2/c17-13-14(22-6-7-26-15(22)21-13)27(24,25)23(9-10-4-5-10)12-3-1-2-11(8-12)16(18,19)20/h1-3,6-8,10H,4-5,9H2. The zero-order chi connectivity index (χ0) is 19.4. The molecule has 2 aromatic heterocycles. The van der Waals surface area contributed by atoms with Crippen molar-refractivity contribution in [1.29, 1.82) is 0 Å². The Labute approximate surface area is 162 Å². The van der Waals surface area contributed by atoms with E-state index in [2.05, 4.69) is 4.98 Å². The van der Waals surface area contributed by atoms with Crippen LogP contribution in [0.3, 0.4) is 0 Å². The lowest BCUT2D eigenvalue weighted by atomic mass is 10.2. The number of thiazole rings is 1. The van der Waals surface area contributed by atoms with Gasteiger partial charge in [-0.1, -0.05) is 17.7 Å². The van der Waals surface area contributed by atoms with Gasteiger partial charge in [-0.05, 0) is 37.0 Å². The Morgan fingerprint density at radius 2 is 2.07 bits per heavy atom. The molecule has 5 nitrogen and oxygen atoms in total. The molecule has 27 heavy (non-hydrogen) atoms. The second-order valence-corrected chi connectivity index (χ2v) is 9.30. The fourth-order valence-electron chi connectivity index (χ4n) is 2.79. The van der Waals surface area contributed by atoms with Crippen LogP contribution in [0.1, 0.15) is 18.4 Å². The summed E-state index contributed by atoms with van der Waals surface area (Å²) in [6, 6.07) is 4.31. The quantitative estimate of drug-likeness (QED) is 0.585. The van der Waals surface area contributed by atoms with Crippen molar-refractivity contribution in [2.75, 3.05) is 10.8 Å². The molecule has 0 saturated heterocycles. The van der Waals surface area contributed by atoms with Crippen LogP contribution in [0.5, 0.6) is 0 Å². The van der Waals surface area contributed by atoms with Crippen LogP contribution in [0.2, 0.25) is 5.15 Å².